The van der Waals surface area contributed by atoms with Crippen LogP contribution in [-0.2, 0) is 0 Å². The first-order valence-electron chi connectivity index (χ1n) is 3.46. The fourth-order valence-electron chi connectivity index (χ4n) is 0.939. The largest absolute Gasteiger partial charge is 0.205 e. The second-order valence-corrected chi connectivity index (χ2v) is 3.60. The summed E-state index contributed by atoms with van der Waals surface area (Å²) in [5.41, 5.74) is 0.352. The number of benzene rings is 1. The molecule has 2 aromatic rings. The maximum atomic E-state index is 13.3. The van der Waals surface area contributed by atoms with Gasteiger partial charge in [-0.25, -0.2) is 4.39 Å². The molecule has 0 aliphatic rings. The molecule has 0 N–H and O–H groups in total. The van der Waals surface area contributed by atoms with Crippen LogP contribution in [-0.4, -0.2) is 20.2 Å². The molecule has 0 saturated carbocycles. The molecule has 0 amide bonds. The molecule has 0 aliphatic heterocycles. The molecule has 0 spiro atoms. The molecule has 1 heterocycles. The standard InChI is InChI=1S/C7H4FIN4/c8-6-3-5(9)1-2-7(6)13-4-10-11-12-13/h1-4H. The van der Waals surface area contributed by atoms with E-state index in [4.69, 9.17) is 0 Å². The van der Waals surface area contributed by atoms with Crippen LogP contribution in [0.1, 0.15) is 0 Å². The van der Waals surface area contributed by atoms with E-state index in [2.05, 4.69) is 15.5 Å². The third kappa shape index (κ3) is 1.67. The lowest BCUT2D eigenvalue weighted by Gasteiger charge is -2.00. The van der Waals surface area contributed by atoms with Gasteiger partial charge in [-0.2, -0.15) is 4.68 Å². The Labute approximate surface area is 86.9 Å². The van der Waals surface area contributed by atoms with Gasteiger partial charge in [0.25, 0.3) is 0 Å². The van der Waals surface area contributed by atoms with Crippen LogP contribution in [0.4, 0.5) is 4.39 Å². The molecular formula is C7H4FIN4. The third-order valence-corrected chi connectivity index (χ3v) is 2.18. The first-order chi connectivity index (χ1) is 6.27. The smallest absolute Gasteiger partial charge is 0.150 e. The van der Waals surface area contributed by atoms with E-state index in [0.29, 0.717) is 5.69 Å². The molecule has 4 nitrogen and oxygen atoms in total. The number of aromatic nitrogens is 4. The zero-order chi connectivity index (χ0) is 9.26. The lowest BCUT2D eigenvalue weighted by molar-refractivity contribution is 0.606. The van der Waals surface area contributed by atoms with Crippen molar-refractivity contribution in [3.8, 4) is 5.69 Å². The van der Waals surface area contributed by atoms with Crippen LogP contribution in [0.5, 0.6) is 0 Å². The fourth-order valence-corrected chi connectivity index (χ4v) is 1.39. The maximum Gasteiger partial charge on any atom is 0.150 e. The van der Waals surface area contributed by atoms with Gasteiger partial charge in [0.05, 0.1) is 0 Å². The highest BCUT2D eigenvalue weighted by molar-refractivity contribution is 14.1. The van der Waals surface area contributed by atoms with Crippen molar-refractivity contribution < 1.29 is 4.39 Å². The van der Waals surface area contributed by atoms with Gasteiger partial charge in [0.15, 0.2) is 0 Å². The summed E-state index contributed by atoms with van der Waals surface area (Å²) in [6, 6.07) is 4.85. The monoisotopic (exact) mass is 290 g/mol. The summed E-state index contributed by atoms with van der Waals surface area (Å²) < 4.78 is 15.4. The predicted octanol–water partition coefficient (Wildman–Crippen LogP) is 1.41. The van der Waals surface area contributed by atoms with Gasteiger partial charge in [-0.3, -0.25) is 0 Å². The zero-order valence-corrected chi connectivity index (χ0v) is 8.51. The lowest BCUT2D eigenvalue weighted by atomic mass is 10.3. The van der Waals surface area contributed by atoms with Crippen LogP contribution < -0.4 is 0 Å². The van der Waals surface area contributed by atoms with Crippen LogP contribution >= 0.6 is 22.6 Å². The van der Waals surface area contributed by atoms with Crippen molar-refractivity contribution in [3.05, 3.63) is 33.9 Å². The second kappa shape index (κ2) is 3.36. The third-order valence-electron chi connectivity index (χ3n) is 1.51. The summed E-state index contributed by atoms with van der Waals surface area (Å²) in [5, 5.41) is 10.4. The van der Waals surface area contributed by atoms with Gasteiger partial charge in [-0.05, 0) is 51.2 Å². The van der Waals surface area contributed by atoms with Gasteiger partial charge in [-0.1, -0.05) is 0 Å². The number of rotatable bonds is 1. The minimum absolute atomic E-state index is 0.334. The van der Waals surface area contributed by atoms with Gasteiger partial charge in [0.2, 0.25) is 0 Å². The van der Waals surface area contributed by atoms with E-state index in [-0.39, 0.29) is 5.82 Å². The summed E-state index contributed by atoms with van der Waals surface area (Å²) in [7, 11) is 0. The van der Waals surface area contributed by atoms with Crippen LogP contribution in [0.25, 0.3) is 5.69 Å². The Bertz CT molecular complexity index is 414. The summed E-state index contributed by atoms with van der Waals surface area (Å²) in [6.45, 7) is 0. The predicted molar refractivity (Wildman–Crippen MR) is 51.8 cm³/mol. The van der Waals surface area contributed by atoms with Crippen LogP contribution in [0.3, 0.4) is 0 Å². The van der Waals surface area contributed by atoms with Gasteiger partial charge in [-0.15, -0.1) is 5.10 Å². The highest BCUT2D eigenvalue weighted by Gasteiger charge is 2.05. The highest BCUT2D eigenvalue weighted by Crippen LogP contribution is 2.14. The molecule has 0 unspecified atom stereocenters. The molecular weight excluding hydrogens is 286 g/mol. The first kappa shape index (κ1) is 8.54. The van der Waals surface area contributed by atoms with Crippen molar-refractivity contribution in [1.82, 2.24) is 20.2 Å². The van der Waals surface area contributed by atoms with Crippen molar-refractivity contribution in [2.75, 3.05) is 0 Å². The molecule has 0 bridgehead atoms. The number of nitrogens with zero attached hydrogens (tertiary/aromatic N) is 4. The fraction of sp³-hybridized carbons (Fsp3) is 0. The maximum absolute atomic E-state index is 13.3. The second-order valence-electron chi connectivity index (χ2n) is 2.35. The Morgan fingerprint density at radius 1 is 1.38 bits per heavy atom. The Kier molecular flexibility index (Phi) is 2.21. The van der Waals surface area contributed by atoms with E-state index >= 15 is 0 Å². The van der Waals surface area contributed by atoms with Crippen molar-refractivity contribution in [2.24, 2.45) is 0 Å². The topological polar surface area (TPSA) is 43.6 Å². The minimum Gasteiger partial charge on any atom is -0.205 e. The van der Waals surface area contributed by atoms with Crippen LogP contribution in [0.15, 0.2) is 24.5 Å². The Morgan fingerprint density at radius 3 is 2.85 bits per heavy atom. The molecule has 1 aromatic carbocycles. The van der Waals surface area contributed by atoms with E-state index in [9.17, 15) is 4.39 Å². The normalized spacial score (nSPS) is 10.3. The Balaban J connectivity index is 2.53. The quantitative estimate of drug-likeness (QED) is 0.746. The average molecular weight is 290 g/mol. The molecule has 0 atom stereocenters. The summed E-state index contributed by atoms with van der Waals surface area (Å²) in [5.74, 6) is -0.334. The van der Waals surface area contributed by atoms with E-state index in [1.54, 1.807) is 12.1 Å². The number of hydrogen-bond acceptors (Lipinski definition) is 3. The molecule has 0 radical (unpaired) electrons. The molecule has 0 fully saturated rings. The molecule has 1 aromatic heterocycles. The summed E-state index contributed by atoms with van der Waals surface area (Å²) >= 11 is 2.04. The zero-order valence-electron chi connectivity index (χ0n) is 6.35. The van der Waals surface area contributed by atoms with E-state index in [0.717, 1.165) is 3.57 Å². The van der Waals surface area contributed by atoms with Crippen molar-refractivity contribution in [3.63, 3.8) is 0 Å². The van der Waals surface area contributed by atoms with E-state index in [1.807, 2.05) is 22.6 Å². The number of tetrazole rings is 1. The van der Waals surface area contributed by atoms with Crippen LogP contribution in [0.2, 0.25) is 0 Å². The number of halogens is 2. The first-order valence-corrected chi connectivity index (χ1v) is 4.53. The average Bonchev–Trinajstić information content (AvgIpc) is 2.56. The lowest BCUT2D eigenvalue weighted by Crippen LogP contribution is -1.98. The SMILES string of the molecule is Fc1cc(I)ccc1-n1cnnn1. The molecule has 66 valence electrons. The van der Waals surface area contributed by atoms with Gasteiger partial charge in [0, 0.05) is 3.57 Å². The van der Waals surface area contributed by atoms with Gasteiger partial charge < -0.3 is 0 Å². The Morgan fingerprint density at radius 2 is 2.23 bits per heavy atom. The molecule has 2 rings (SSSR count). The summed E-state index contributed by atoms with van der Waals surface area (Å²) in [4.78, 5) is 0. The van der Waals surface area contributed by atoms with E-state index < -0.39 is 0 Å². The molecule has 0 aliphatic carbocycles. The highest BCUT2D eigenvalue weighted by atomic mass is 127. The van der Waals surface area contributed by atoms with Crippen molar-refractivity contribution in [2.45, 2.75) is 0 Å². The molecule has 13 heavy (non-hydrogen) atoms. The van der Waals surface area contributed by atoms with Gasteiger partial charge in [0.1, 0.15) is 17.8 Å². The minimum atomic E-state index is -0.334. The Hall–Kier alpha value is -1.05. The molecule has 0 saturated heterocycles. The van der Waals surface area contributed by atoms with Crippen LogP contribution in [0, 0.1) is 9.39 Å². The summed E-state index contributed by atoms with van der Waals surface area (Å²) in [6.07, 6.45) is 1.35. The number of hydrogen-bond donors (Lipinski definition) is 0. The van der Waals surface area contributed by atoms with Crippen molar-refractivity contribution in [1.29, 1.82) is 0 Å². The van der Waals surface area contributed by atoms with Gasteiger partial charge >= 0.3 is 0 Å². The molecule has 6 heteroatoms. The van der Waals surface area contributed by atoms with Crippen molar-refractivity contribution >= 4 is 22.6 Å². The van der Waals surface area contributed by atoms with E-state index in [1.165, 1.54) is 17.1 Å².